The summed E-state index contributed by atoms with van der Waals surface area (Å²) in [5, 5.41) is 1.38. The Morgan fingerprint density at radius 3 is 2.35 bits per heavy atom. The minimum atomic E-state index is 0.336. The second-order valence-corrected chi connectivity index (χ2v) is 5.48. The molecule has 1 aliphatic rings. The summed E-state index contributed by atoms with van der Waals surface area (Å²) in [7, 11) is 0. The van der Waals surface area contributed by atoms with Gasteiger partial charge in [-0.1, -0.05) is 47.8 Å². The molecule has 2 rings (SSSR count). The molecular weight excluding hydrogens is 279 g/mol. The third-order valence-electron chi connectivity index (χ3n) is 2.83. The van der Waals surface area contributed by atoms with E-state index in [0.29, 0.717) is 33.7 Å². The van der Waals surface area contributed by atoms with E-state index in [0.717, 1.165) is 12.8 Å². The lowest BCUT2D eigenvalue weighted by atomic mass is 10.3. The monoisotopic (exact) mass is 292 g/mol. The van der Waals surface area contributed by atoms with Crippen molar-refractivity contribution in [1.29, 1.82) is 0 Å². The number of thioether (sulfide) groups is 1. The lowest BCUT2D eigenvalue weighted by molar-refractivity contribution is 0.0454. The number of nitrogens with zero attached hydrogens (tertiary/aromatic N) is 2. The maximum Gasteiger partial charge on any atom is 0.190 e. The molecule has 1 fully saturated rings. The van der Waals surface area contributed by atoms with Gasteiger partial charge in [-0.05, 0) is 19.1 Å². The zero-order chi connectivity index (χ0) is 12.3. The van der Waals surface area contributed by atoms with Crippen molar-refractivity contribution in [3.05, 3.63) is 15.9 Å². The molecule has 1 heterocycles. The maximum absolute atomic E-state index is 6.07. The van der Waals surface area contributed by atoms with E-state index in [1.165, 1.54) is 24.6 Å². The SMILES string of the molecule is CSc1nc(Cl)c(COC2CCCC2)c(Cl)n1. The lowest BCUT2D eigenvalue weighted by Crippen LogP contribution is -2.08. The molecule has 0 aliphatic heterocycles. The molecule has 1 aliphatic carbocycles. The van der Waals surface area contributed by atoms with Gasteiger partial charge in [0.15, 0.2) is 5.16 Å². The van der Waals surface area contributed by atoms with Crippen LogP contribution in [0.2, 0.25) is 10.3 Å². The van der Waals surface area contributed by atoms with Gasteiger partial charge >= 0.3 is 0 Å². The first-order valence-electron chi connectivity index (χ1n) is 5.58. The number of halogens is 2. The fraction of sp³-hybridized carbons (Fsp3) is 0.636. The van der Waals surface area contributed by atoms with Gasteiger partial charge in [-0.25, -0.2) is 9.97 Å². The summed E-state index contributed by atoms with van der Waals surface area (Å²) in [6.45, 7) is 0.400. The Bertz CT molecular complexity index is 374. The van der Waals surface area contributed by atoms with Crippen LogP contribution in [0.5, 0.6) is 0 Å². The molecule has 1 aromatic rings. The van der Waals surface area contributed by atoms with E-state index < -0.39 is 0 Å². The summed E-state index contributed by atoms with van der Waals surface area (Å²) in [4.78, 5) is 8.30. The van der Waals surface area contributed by atoms with Crippen LogP contribution in [0.25, 0.3) is 0 Å². The quantitative estimate of drug-likeness (QED) is 0.478. The third kappa shape index (κ3) is 3.47. The molecule has 0 unspecified atom stereocenters. The molecule has 0 radical (unpaired) electrons. The van der Waals surface area contributed by atoms with Gasteiger partial charge in [-0.3, -0.25) is 0 Å². The summed E-state index contributed by atoms with van der Waals surface area (Å²) in [6.07, 6.45) is 6.96. The van der Waals surface area contributed by atoms with Crippen molar-refractivity contribution < 1.29 is 4.74 Å². The van der Waals surface area contributed by atoms with Crippen molar-refractivity contribution in [2.45, 2.75) is 43.6 Å². The van der Waals surface area contributed by atoms with Crippen molar-refractivity contribution >= 4 is 35.0 Å². The molecule has 6 heteroatoms. The summed E-state index contributed by atoms with van der Waals surface area (Å²) < 4.78 is 5.77. The van der Waals surface area contributed by atoms with E-state index in [1.54, 1.807) is 0 Å². The van der Waals surface area contributed by atoms with E-state index in [2.05, 4.69) is 9.97 Å². The highest BCUT2D eigenvalue weighted by molar-refractivity contribution is 7.98. The Hall–Kier alpha value is -0.0300. The average Bonchev–Trinajstić information content (AvgIpc) is 2.80. The molecule has 94 valence electrons. The van der Waals surface area contributed by atoms with Crippen molar-refractivity contribution in [2.75, 3.05) is 6.26 Å². The number of rotatable bonds is 4. The summed E-state index contributed by atoms with van der Waals surface area (Å²) in [5.41, 5.74) is 0.693. The fourth-order valence-electron chi connectivity index (χ4n) is 1.88. The largest absolute Gasteiger partial charge is 0.373 e. The van der Waals surface area contributed by atoms with Gasteiger partial charge in [-0.15, -0.1) is 0 Å². The smallest absolute Gasteiger partial charge is 0.190 e. The zero-order valence-corrected chi connectivity index (χ0v) is 11.9. The highest BCUT2D eigenvalue weighted by Gasteiger charge is 2.18. The molecule has 0 amide bonds. The summed E-state index contributed by atoms with van der Waals surface area (Å²) in [5.74, 6) is 0. The fourth-order valence-corrected chi connectivity index (χ4v) is 2.84. The molecule has 0 spiro atoms. The number of aromatic nitrogens is 2. The van der Waals surface area contributed by atoms with Gasteiger partial charge in [0.05, 0.1) is 18.3 Å². The Labute approximate surface area is 115 Å². The number of ether oxygens (including phenoxy) is 1. The Morgan fingerprint density at radius 1 is 1.24 bits per heavy atom. The molecule has 0 aromatic carbocycles. The second-order valence-electron chi connectivity index (χ2n) is 3.99. The lowest BCUT2D eigenvalue weighted by Gasteiger charge is -2.12. The molecule has 0 N–H and O–H groups in total. The van der Waals surface area contributed by atoms with Crippen LogP contribution >= 0.6 is 35.0 Å². The van der Waals surface area contributed by atoms with E-state index in [1.807, 2.05) is 6.26 Å². The predicted molar refractivity (Wildman–Crippen MR) is 70.9 cm³/mol. The minimum Gasteiger partial charge on any atom is -0.373 e. The topological polar surface area (TPSA) is 35.0 Å². The zero-order valence-electron chi connectivity index (χ0n) is 9.58. The van der Waals surface area contributed by atoms with Crippen LogP contribution in [0.3, 0.4) is 0 Å². The molecular formula is C11H14Cl2N2OS. The Kier molecular flexibility index (Phi) is 4.91. The first-order chi connectivity index (χ1) is 8.20. The highest BCUT2D eigenvalue weighted by Crippen LogP contribution is 2.27. The van der Waals surface area contributed by atoms with Crippen LogP contribution in [-0.4, -0.2) is 22.3 Å². The van der Waals surface area contributed by atoms with Crippen LogP contribution in [0.1, 0.15) is 31.2 Å². The van der Waals surface area contributed by atoms with Crippen molar-refractivity contribution in [3.8, 4) is 0 Å². The van der Waals surface area contributed by atoms with Crippen LogP contribution in [0.4, 0.5) is 0 Å². The second kappa shape index (κ2) is 6.23. The molecule has 3 nitrogen and oxygen atoms in total. The normalized spacial score (nSPS) is 16.6. The van der Waals surface area contributed by atoms with Crippen molar-refractivity contribution in [1.82, 2.24) is 9.97 Å². The highest BCUT2D eigenvalue weighted by atomic mass is 35.5. The van der Waals surface area contributed by atoms with E-state index in [4.69, 9.17) is 27.9 Å². The van der Waals surface area contributed by atoms with Gasteiger partial charge in [0.2, 0.25) is 0 Å². The standard InChI is InChI=1S/C11H14Cl2N2OS/c1-17-11-14-9(12)8(10(13)15-11)6-16-7-4-2-3-5-7/h7H,2-6H2,1H3. The van der Waals surface area contributed by atoms with E-state index in [-0.39, 0.29) is 0 Å². The Balaban J connectivity index is 2.04. The van der Waals surface area contributed by atoms with E-state index >= 15 is 0 Å². The molecule has 1 aromatic heterocycles. The molecule has 0 saturated heterocycles. The number of hydrogen-bond acceptors (Lipinski definition) is 4. The van der Waals surface area contributed by atoms with Gasteiger partial charge in [0, 0.05) is 0 Å². The summed E-state index contributed by atoms with van der Waals surface area (Å²) >= 11 is 13.6. The minimum absolute atomic E-state index is 0.336. The van der Waals surface area contributed by atoms with Crippen LogP contribution < -0.4 is 0 Å². The average molecular weight is 293 g/mol. The molecule has 0 bridgehead atoms. The van der Waals surface area contributed by atoms with Crippen LogP contribution in [-0.2, 0) is 11.3 Å². The van der Waals surface area contributed by atoms with Gasteiger partial charge in [-0.2, -0.15) is 0 Å². The van der Waals surface area contributed by atoms with E-state index in [9.17, 15) is 0 Å². The first-order valence-corrected chi connectivity index (χ1v) is 7.56. The number of hydrogen-bond donors (Lipinski definition) is 0. The maximum atomic E-state index is 6.07. The van der Waals surface area contributed by atoms with Gasteiger partial charge < -0.3 is 4.74 Å². The van der Waals surface area contributed by atoms with Crippen LogP contribution in [0, 0.1) is 0 Å². The molecule has 17 heavy (non-hydrogen) atoms. The van der Waals surface area contributed by atoms with Crippen molar-refractivity contribution in [3.63, 3.8) is 0 Å². The van der Waals surface area contributed by atoms with Gasteiger partial charge in [0.25, 0.3) is 0 Å². The third-order valence-corrected chi connectivity index (χ3v) is 4.01. The Morgan fingerprint density at radius 2 is 1.82 bits per heavy atom. The van der Waals surface area contributed by atoms with Crippen molar-refractivity contribution in [2.24, 2.45) is 0 Å². The molecule has 0 atom stereocenters. The predicted octanol–water partition coefficient (Wildman–Crippen LogP) is 3.96. The first kappa shape index (κ1) is 13.4. The summed E-state index contributed by atoms with van der Waals surface area (Å²) in [6, 6.07) is 0. The molecule has 1 saturated carbocycles. The van der Waals surface area contributed by atoms with Gasteiger partial charge in [0.1, 0.15) is 10.3 Å². The van der Waals surface area contributed by atoms with Crippen LogP contribution in [0.15, 0.2) is 5.16 Å².